The molecule has 2 atom stereocenters. The van der Waals surface area contributed by atoms with Crippen molar-refractivity contribution in [3.8, 4) is 6.07 Å². The monoisotopic (exact) mass is 409 g/mol. The van der Waals surface area contributed by atoms with E-state index in [4.69, 9.17) is 10.5 Å². The molecule has 0 bridgehead atoms. The molecule has 0 aromatic heterocycles. The SMILES string of the molecule is Cc1ccc(N2C3=C(C(=O)CCC3)[C@]34C(=O)c5ccccc5[C@]23OC(N)=C4C#N)cc1. The first-order chi connectivity index (χ1) is 15.0. The van der Waals surface area contributed by atoms with Crippen molar-refractivity contribution >= 4 is 17.3 Å². The zero-order valence-corrected chi connectivity index (χ0v) is 16.9. The smallest absolute Gasteiger partial charge is 0.238 e. The van der Waals surface area contributed by atoms with Crippen molar-refractivity contribution in [3.63, 3.8) is 0 Å². The number of ether oxygens (including phenoxy) is 1. The van der Waals surface area contributed by atoms with Gasteiger partial charge in [-0.3, -0.25) is 9.59 Å². The molecule has 2 aliphatic carbocycles. The van der Waals surface area contributed by atoms with Crippen LogP contribution >= 0.6 is 0 Å². The summed E-state index contributed by atoms with van der Waals surface area (Å²) in [6, 6.07) is 17.2. The van der Waals surface area contributed by atoms with Crippen molar-refractivity contribution in [1.82, 2.24) is 0 Å². The Hall–Kier alpha value is -3.85. The van der Waals surface area contributed by atoms with E-state index >= 15 is 0 Å². The normalized spacial score (nSPS) is 28.2. The maximum absolute atomic E-state index is 14.1. The summed E-state index contributed by atoms with van der Waals surface area (Å²) < 4.78 is 6.37. The van der Waals surface area contributed by atoms with Crippen molar-refractivity contribution in [2.75, 3.05) is 4.90 Å². The van der Waals surface area contributed by atoms with Gasteiger partial charge in [0.1, 0.15) is 11.6 Å². The van der Waals surface area contributed by atoms with Crippen molar-refractivity contribution in [1.29, 1.82) is 5.26 Å². The lowest BCUT2D eigenvalue weighted by Crippen LogP contribution is -2.52. The number of hydrogen-bond donors (Lipinski definition) is 1. The molecular formula is C25H19N3O3. The van der Waals surface area contributed by atoms with Gasteiger partial charge in [0.05, 0.1) is 0 Å². The quantitative estimate of drug-likeness (QED) is 0.773. The number of carbonyl (C=O) groups is 2. The number of nitrogens with two attached hydrogens (primary N) is 1. The van der Waals surface area contributed by atoms with E-state index in [9.17, 15) is 14.9 Å². The van der Waals surface area contributed by atoms with Gasteiger partial charge in [-0.05, 0) is 31.9 Å². The van der Waals surface area contributed by atoms with E-state index in [0.717, 1.165) is 16.9 Å². The number of nitrogens with zero attached hydrogens (tertiary/aromatic N) is 2. The predicted molar refractivity (Wildman–Crippen MR) is 112 cm³/mol. The molecule has 2 N–H and O–H groups in total. The highest BCUT2D eigenvalue weighted by Crippen LogP contribution is 2.72. The van der Waals surface area contributed by atoms with E-state index in [0.29, 0.717) is 36.0 Å². The van der Waals surface area contributed by atoms with E-state index in [2.05, 4.69) is 6.07 Å². The maximum Gasteiger partial charge on any atom is 0.238 e. The molecule has 6 heteroatoms. The van der Waals surface area contributed by atoms with E-state index in [1.54, 1.807) is 12.1 Å². The van der Waals surface area contributed by atoms with Crippen LogP contribution in [0.4, 0.5) is 5.69 Å². The summed E-state index contributed by atoms with van der Waals surface area (Å²) in [6.07, 6.45) is 1.64. The lowest BCUT2D eigenvalue weighted by Gasteiger charge is -2.41. The van der Waals surface area contributed by atoms with E-state index < -0.39 is 11.1 Å². The molecule has 31 heavy (non-hydrogen) atoms. The zero-order chi connectivity index (χ0) is 21.5. The summed E-state index contributed by atoms with van der Waals surface area (Å²) in [5.74, 6) is -0.503. The summed E-state index contributed by atoms with van der Waals surface area (Å²) in [5.41, 5.74) is 7.39. The molecule has 2 aromatic carbocycles. The standard InChI is InChI=1S/C25H19N3O3/c1-14-9-11-15(12-10-14)28-19-7-4-8-20(29)21(19)24-18(13-26)23(27)31-25(24,28)17-6-3-2-5-16(17)22(24)30/h2-3,5-6,9-12H,4,7-8,27H2,1H3/t24-,25-/m1/s1. The average Bonchev–Trinajstić information content (AvgIpc) is 3.26. The zero-order valence-electron chi connectivity index (χ0n) is 16.9. The molecule has 0 saturated heterocycles. The van der Waals surface area contributed by atoms with Crippen LogP contribution in [-0.4, -0.2) is 11.6 Å². The minimum atomic E-state index is -1.58. The van der Waals surface area contributed by atoms with Gasteiger partial charge in [0.15, 0.2) is 17.0 Å². The average molecular weight is 409 g/mol. The van der Waals surface area contributed by atoms with Crippen LogP contribution in [-0.2, 0) is 15.3 Å². The van der Waals surface area contributed by atoms with Crippen LogP contribution in [0, 0.1) is 23.7 Å². The number of ketones is 2. The fourth-order valence-electron chi connectivity index (χ4n) is 5.92. The predicted octanol–water partition coefficient (Wildman–Crippen LogP) is 3.58. The Balaban J connectivity index is 1.79. The third-order valence-corrected chi connectivity index (χ3v) is 7.01. The molecule has 2 aliphatic heterocycles. The number of Topliss-reactive ketones (excluding diaryl/α,β-unsaturated/α-hetero) is 2. The molecule has 2 heterocycles. The lowest BCUT2D eigenvalue weighted by atomic mass is 9.66. The summed E-state index contributed by atoms with van der Waals surface area (Å²) in [6.45, 7) is 2.00. The van der Waals surface area contributed by atoms with E-state index in [1.165, 1.54) is 0 Å². The maximum atomic E-state index is 14.1. The van der Waals surface area contributed by atoms with Gasteiger partial charge in [-0.15, -0.1) is 0 Å². The topological polar surface area (TPSA) is 96.4 Å². The highest BCUT2D eigenvalue weighted by Gasteiger charge is 2.81. The molecular weight excluding hydrogens is 390 g/mol. The molecule has 0 amide bonds. The molecule has 2 aromatic rings. The second-order valence-corrected chi connectivity index (χ2v) is 8.49. The Labute approximate surface area is 179 Å². The van der Waals surface area contributed by atoms with Gasteiger partial charge in [0.25, 0.3) is 0 Å². The lowest BCUT2D eigenvalue weighted by molar-refractivity contribution is -0.117. The Morgan fingerprint density at radius 2 is 1.84 bits per heavy atom. The molecule has 152 valence electrons. The second-order valence-electron chi connectivity index (χ2n) is 8.49. The van der Waals surface area contributed by atoms with Gasteiger partial charge in [-0.1, -0.05) is 42.0 Å². The number of anilines is 1. The Morgan fingerprint density at radius 3 is 2.58 bits per heavy atom. The van der Waals surface area contributed by atoms with Gasteiger partial charge in [-0.2, -0.15) is 5.26 Å². The summed E-state index contributed by atoms with van der Waals surface area (Å²) in [5, 5.41) is 10.1. The number of fused-ring (bicyclic) bond motifs is 1. The highest BCUT2D eigenvalue weighted by atomic mass is 16.5. The van der Waals surface area contributed by atoms with Gasteiger partial charge < -0.3 is 15.4 Å². The first-order valence-electron chi connectivity index (χ1n) is 10.4. The largest absolute Gasteiger partial charge is 0.446 e. The van der Waals surface area contributed by atoms with Gasteiger partial charge in [0, 0.05) is 34.5 Å². The first kappa shape index (κ1) is 18.0. The fraction of sp³-hybridized carbons (Fsp3) is 0.240. The highest BCUT2D eigenvalue weighted by molar-refractivity contribution is 6.20. The third kappa shape index (κ3) is 1.76. The van der Waals surface area contributed by atoms with Gasteiger partial charge >= 0.3 is 0 Å². The molecule has 0 fully saturated rings. The molecule has 4 aliphatic rings. The number of allylic oxidation sites excluding steroid dienone is 1. The summed E-state index contributed by atoms with van der Waals surface area (Å²) >= 11 is 0. The number of rotatable bonds is 1. The number of benzene rings is 2. The molecule has 0 unspecified atom stereocenters. The Bertz CT molecular complexity index is 1310. The minimum absolute atomic E-state index is 0.0334. The summed E-state index contributed by atoms with van der Waals surface area (Å²) in [4.78, 5) is 29.4. The number of hydrogen-bond acceptors (Lipinski definition) is 6. The van der Waals surface area contributed by atoms with E-state index in [-0.39, 0.29) is 23.0 Å². The Morgan fingerprint density at radius 1 is 1.10 bits per heavy atom. The second kappa shape index (κ2) is 5.64. The van der Waals surface area contributed by atoms with Crippen LogP contribution in [0.15, 0.2) is 71.3 Å². The van der Waals surface area contributed by atoms with Crippen LogP contribution in [0.25, 0.3) is 0 Å². The number of aryl methyl sites for hydroxylation is 1. The molecule has 0 spiro atoms. The van der Waals surface area contributed by atoms with Crippen molar-refractivity contribution in [2.45, 2.75) is 31.9 Å². The van der Waals surface area contributed by atoms with Crippen molar-refractivity contribution in [3.05, 3.63) is 87.9 Å². The third-order valence-electron chi connectivity index (χ3n) is 7.01. The van der Waals surface area contributed by atoms with E-state index in [1.807, 2.05) is 48.2 Å². The van der Waals surface area contributed by atoms with Crippen LogP contribution in [0.5, 0.6) is 0 Å². The van der Waals surface area contributed by atoms with Crippen LogP contribution in [0.1, 0.15) is 40.7 Å². The fourth-order valence-corrected chi connectivity index (χ4v) is 5.92. The molecule has 6 rings (SSSR count). The van der Waals surface area contributed by atoms with Crippen LogP contribution < -0.4 is 10.6 Å². The van der Waals surface area contributed by atoms with Gasteiger partial charge in [-0.25, -0.2) is 0 Å². The Kier molecular flexibility index (Phi) is 3.27. The minimum Gasteiger partial charge on any atom is -0.446 e. The van der Waals surface area contributed by atoms with Crippen molar-refractivity contribution in [2.24, 2.45) is 11.1 Å². The number of carbonyl (C=O) groups excluding carboxylic acids is 2. The summed E-state index contributed by atoms with van der Waals surface area (Å²) in [7, 11) is 0. The molecule has 0 saturated carbocycles. The van der Waals surface area contributed by atoms with Crippen molar-refractivity contribution < 1.29 is 14.3 Å². The van der Waals surface area contributed by atoms with Gasteiger partial charge in [0.2, 0.25) is 11.6 Å². The molecule has 6 nitrogen and oxygen atoms in total. The van der Waals surface area contributed by atoms with Crippen LogP contribution in [0.2, 0.25) is 0 Å². The molecule has 0 radical (unpaired) electrons. The van der Waals surface area contributed by atoms with Crippen LogP contribution in [0.3, 0.4) is 0 Å². The number of nitriles is 1. The first-order valence-corrected chi connectivity index (χ1v) is 10.4.